The van der Waals surface area contributed by atoms with E-state index in [0.717, 1.165) is 27.6 Å². The Morgan fingerprint density at radius 2 is 1.86 bits per heavy atom. The molecule has 0 atom stereocenters. The third kappa shape index (κ3) is 3.20. The van der Waals surface area contributed by atoms with E-state index in [1.54, 1.807) is 11.3 Å². The van der Waals surface area contributed by atoms with Gasteiger partial charge >= 0.3 is 0 Å². The lowest BCUT2D eigenvalue weighted by molar-refractivity contribution is 1.09. The molecule has 0 radical (unpaired) electrons. The number of aryl methyl sites for hydroxylation is 1. The fourth-order valence-electron chi connectivity index (χ4n) is 2.43. The summed E-state index contributed by atoms with van der Waals surface area (Å²) in [7, 11) is 0. The standard InChI is InChI=1S/C18H18N2S/c1-13-6-5-7-14(10-13)11-17-20-18(16(12-19)21-17)15-8-3-2-4-9-15/h2-10H,11-12,19H2,1H3. The van der Waals surface area contributed by atoms with Gasteiger partial charge in [-0.15, -0.1) is 11.3 Å². The number of thiazole rings is 1. The maximum Gasteiger partial charge on any atom is 0.0979 e. The Kier molecular flexibility index (Phi) is 4.13. The predicted molar refractivity (Wildman–Crippen MR) is 89.4 cm³/mol. The van der Waals surface area contributed by atoms with E-state index >= 15 is 0 Å². The lowest BCUT2D eigenvalue weighted by Crippen LogP contribution is -1.95. The zero-order valence-electron chi connectivity index (χ0n) is 12.0. The molecule has 0 spiro atoms. The summed E-state index contributed by atoms with van der Waals surface area (Å²) < 4.78 is 0. The minimum atomic E-state index is 0.537. The molecule has 0 fully saturated rings. The second kappa shape index (κ2) is 6.20. The number of nitrogens with two attached hydrogens (primary N) is 1. The number of benzene rings is 2. The number of nitrogens with zero attached hydrogens (tertiary/aromatic N) is 1. The molecule has 0 aliphatic rings. The molecule has 0 saturated carbocycles. The van der Waals surface area contributed by atoms with Crippen LogP contribution in [0.25, 0.3) is 11.3 Å². The third-order valence-electron chi connectivity index (χ3n) is 3.41. The van der Waals surface area contributed by atoms with E-state index in [1.165, 1.54) is 11.1 Å². The Bertz CT molecular complexity index is 732. The Morgan fingerprint density at radius 1 is 1.05 bits per heavy atom. The summed E-state index contributed by atoms with van der Waals surface area (Å²) in [6.07, 6.45) is 0.867. The van der Waals surface area contributed by atoms with Crippen molar-refractivity contribution in [3.63, 3.8) is 0 Å². The minimum absolute atomic E-state index is 0.537. The molecule has 2 aromatic carbocycles. The van der Waals surface area contributed by atoms with Gasteiger partial charge in [-0.3, -0.25) is 0 Å². The molecule has 1 aromatic heterocycles. The molecular formula is C18H18N2S. The van der Waals surface area contributed by atoms with Gasteiger partial charge in [-0.1, -0.05) is 60.2 Å². The van der Waals surface area contributed by atoms with Crippen LogP contribution in [0.2, 0.25) is 0 Å². The summed E-state index contributed by atoms with van der Waals surface area (Å²) >= 11 is 1.72. The van der Waals surface area contributed by atoms with E-state index in [9.17, 15) is 0 Å². The Balaban J connectivity index is 1.93. The normalized spacial score (nSPS) is 10.8. The molecule has 1 heterocycles. The van der Waals surface area contributed by atoms with Crippen molar-refractivity contribution in [2.24, 2.45) is 5.73 Å². The lowest BCUT2D eigenvalue weighted by Gasteiger charge is -2.00. The first-order valence-corrected chi connectivity index (χ1v) is 7.87. The summed E-state index contributed by atoms with van der Waals surface area (Å²) in [6, 6.07) is 18.8. The van der Waals surface area contributed by atoms with Gasteiger partial charge in [0.1, 0.15) is 0 Å². The van der Waals surface area contributed by atoms with E-state index in [1.807, 2.05) is 18.2 Å². The molecule has 0 saturated heterocycles. The number of rotatable bonds is 4. The van der Waals surface area contributed by atoms with Gasteiger partial charge in [0.2, 0.25) is 0 Å². The molecule has 21 heavy (non-hydrogen) atoms. The van der Waals surface area contributed by atoms with Crippen molar-refractivity contribution in [2.45, 2.75) is 19.9 Å². The largest absolute Gasteiger partial charge is 0.326 e. The van der Waals surface area contributed by atoms with Crippen LogP contribution in [0.15, 0.2) is 54.6 Å². The SMILES string of the molecule is Cc1cccc(Cc2nc(-c3ccccc3)c(CN)s2)c1. The zero-order chi connectivity index (χ0) is 14.7. The van der Waals surface area contributed by atoms with Gasteiger partial charge in [0.05, 0.1) is 10.7 Å². The fourth-order valence-corrected chi connectivity index (χ4v) is 3.44. The first kappa shape index (κ1) is 14.0. The van der Waals surface area contributed by atoms with Gasteiger partial charge in [0.15, 0.2) is 0 Å². The van der Waals surface area contributed by atoms with Crippen molar-refractivity contribution in [1.29, 1.82) is 0 Å². The molecule has 3 rings (SSSR count). The summed E-state index contributed by atoms with van der Waals surface area (Å²) in [5, 5.41) is 1.12. The van der Waals surface area contributed by atoms with Crippen LogP contribution in [0.1, 0.15) is 21.0 Å². The summed E-state index contributed by atoms with van der Waals surface area (Å²) in [6.45, 7) is 2.65. The van der Waals surface area contributed by atoms with E-state index in [-0.39, 0.29) is 0 Å². The van der Waals surface area contributed by atoms with Gasteiger partial charge < -0.3 is 5.73 Å². The summed E-state index contributed by atoms with van der Waals surface area (Å²) in [4.78, 5) is 5.97. The number of hydrogen-bond acceptors (Lipinski definition) is 3. The molecule has 0 unspecified atom stereocenters. The average molecular weight is 294 g/mol. The van der Waals surface area contributed by atoms with Gasteiger partial charge in [-0.2, -0.15) is 0 Å². The highest BCUT2D eigenvalue weighted by Gasteiger charge is 2.12. The first-order chi connectivity index (χ1) is 10.3. The van der Waals surface area contributed by atoms with Gasteiger partial charge in [0, 0.05) is 23.4 Å². The average Bonchev–Trinajstić information content (AvgIpc) is 2.91. The van der Waals surface area contributed by atoms with E-state index in [0.29, 0.717) is 6.54 Å². The molecule has 3 heteroatoms. The summed E-state index contributed by atoms with van der Waals surface area (Å²) in [5.41, 5.74) is 10.6. The highest BCUT2D eigenvalue weighted by molar-refractivity contribution is 7.12. The van der Waals surface area contributed by atoms with Crippen molar-refractivity contribution < 1.29 is 0 Å². The van der Waals surface area contributed by atoms with Crippen molar-refractivity contribution in [3.05, 3.63) is 75.6 Å². The van der Waals surface area contributed by atoms with E-state index < -0.39 is 0 Å². The highest BCUT2D eigenvalue weighted by atomic mass is 32.1. The maximum atomic E-state index is 5.89. The molecule has 0 bridgehead atoms. The van der Waals surface area contributed by atoms with Crippen LogP contribution >= 0.6 is 11.3 Å². The molecule has 0 aliphatic heterocycles. The van der Waals surface area contributed by atoms with Crippen molar-refractivity contribution >= 4 is 11.3 Å². The lowest BCUT2D eigenvalue weighted by atomic mass is 10.1. The molecule has 106 valence electrons. The molecular weight excluding hydrogens is 276 g/mol. The van der Waals surface area contributed by atoms with E-state index in [4.69, 9.17) is 10.7 Å². The maximum absolute atomic E-state index is 5.89. The van der Waals surface area contributed by atoms with Crippen molar-refractivity contribution in [1.82, 2.24) is 4.98 Å². The Morgan fingerprint density at radius 3 is 2.57 bits per heavy atom. The van der Waals surface area contributed by atoms with Crippen molar-refractivity contribution in [3.8, 4) is 11.3 Å². The third-order valence-corrected chi connectivity index (χ3v) is 4.49. The molecule has 0 amide bonds. The molecule has 2 nitrogen and oxygen atoms in total. The minimum Gasteiger partial charge on any atom is -0.326 e. The Labute approximate surface area is 129 Å². The monoisotopic (exact) mass is 294 g/mol. The van der Waals surface area contributed by atoms with Gasteiger partial charge in [0.25, 0.3) is 0 Å². The first-order valence-electron chi connectivity index (χ1n) is 7.06. The van der Waals surface area contributed by atoms with Crippen molar-refractivity contribution in [2.75, 3.05) is 0 Å². The molecule has 3 aromatic rings. The highest BCUT2D eigenvalue weighted by Crippen LogP contribution is 2.29. The van der Waals surface area contributed by atoms with Crippen LogP contribution in [0.4, 0.5) is 0 Å². The van der Waals surface area contributed by atoms with Crippen LogP contribution in [0.5, 0.6) is 0 Å². The molecule has 0 aliphatic carbocycles. The summed E-state index contributed by atoms with van der Waals surface area (Å²) in [5.74, 6) is 0. The fraction of sp³-hybridized carbons (Fsp3) is 0.167. The van der Waals surface area contributed by atoms with Crippen LogP contribution < -0.4 is 5.73 Å². The van der Waals surface area contributed by atoms with Crippen LogP contribution in [-0.2, 0) is 13.0 Å². The topological polar surface area (TPSA) is 38.9 Å². The van der Waals surface area contributed by atoms with Crippen LogP contribution in [0.3, 0.4) is 0 Å². The van der Waals surface area contributed by atoms with E-state index in [2.05, 4.69) is 43.3 Å². The Hall–Kier alpha value is -1.97. The van der Waals surface area contributed by atoms with Gasteiger partial charge in [-0.05, 0) is 12.5 Å². The van der Waals surface area contributed by atoms with Crippen LogP contribution in [-0.4, -0.2) is 4.98 Å². The molecule has 2 N–H and O–H groups in total. The zero-order valence-corrected chi connectivity index (χ0v) is 12.9. The second-order valence-electron chi connectivity index (χ2n) is 5.12. The quantitative estimate of drug-likeness (QED) is 0.784. The van der Waals surface area contributed by atoms with Crippen LogP contribution in [0, 0.1) is 6.92 Å². The van der Waals surface area contributed by atoms with Gasteiger partial charge in [-0.25, -0.2) is 4.98 Å². The second-order valence-corrected chi connectivity index (χ2v) is 6.28. The smallest absolute Gasteiger partial charge is 0.0979 e. The predicted octanol–water partition coefficient (Wildman–Crippen LogP) is 4.17. The number of hydrogen-bond donors (Lipinski definition) is 1. The number of aromatic nitrogens is 1.